The van der Waals surface area contributed by atoms with Gasteiger partial charge in [-0.05, 0) is 17.8 Å². The lowest BCUT2D eigenvalue weighted by molar-refractivity contribution is 0.211. The molecule has 0 aromatic carbocycles. The first-order chi connectivity index (χ1) is 4.06. The third kappa shape index (κ3) is 2.00. The van der Waals surface area contributed by atoms with Gasteiger partial charge in [-0.3, -0.25) is 0 Å². The minimum absolute atomic E-state index is 0.472. The maximum absolute atomic E-state index is 3.95. The van der Waals surface area contributed by atoms with Gasteiger partial charge in [0.05, 0.1) is 0 Å². The van der Waals surface area contributed by atoms with Crippen LogP contribution in [0.25, 0.3) is 0 Å². The minimum Gasteiger partial charge on any atom is -0.0649 e. The molecule has 9 heavy (non-hydrogen) atoms. The maximum Gasteiger partial charge on any atom is -0.0305 e. The Hall–Kier alpha value is 0. The maximum atomic E-state index is 3.95. The van der Waals surface area contributed by atoms with Gasteiger partial charge in [0, 0.05) is 0 Å². The topological polar surface area (TPSA) is 0 Å². The van der Waals surface area contributed by atoms with Crippen molar-refractivity contribution in [2.45, 2.75) is 40.5 Å². The summed E-state index contributed by atoms with van der Waals surface area (Å²) >= 11 is 0. The highest BCUT2D eigenvalue weighted by atomic mass is 14.3. The second-order valence-corrected chi connectivity index (χ2v) is 3.41. The van der Waals surface area contributed by atoms with Crippen LogP contribution in [0.4, 0.5) is 0 Å². The van der Waals surface area contributed by atoms with Crippen LogP contribution in [0, 0.1) is 18.3 Å². The molecule has 0 aliphatic carbocycles. The fraction of sp³-hybridized carbons (Fsp3) is 0.889. The van der Waals surface area contributed by atoms with Crippen LogP contribution in [0.3, 0.4) is 0 Å². The Morgan fingerprint density at radius 3 is 1.89 bits per heavy atom. The summed E-state index contributed by atoms with van der Waals surface area (Å²) in [6, 6.07) is 0. The zero-order valence-electron chi connectivity index (χ0n) is 7.20. The fourth-order valence-electron chi connectivity index (χ4n) is 0.874. The SMILES string of the molecule is [CH2]CC(C)(CC)C(C)C. The standard InChI is InChI=1S/C9H19/c1-6-9(5,7-2)8(3)4/h8H,1,6-7H2,2-5H3. The Balaban J connectivity index is 3.92. The molecule has 0 bridgehead atoms. The molecule has 1 unspecified atom stereocenters. The van der Waals surface area contributed by atoms with Crippen molar-refractivity contribution in [3.8, 4) is 0 Å². The van der Waals surface area contributed by atoms with E-state index in [1.54, 1.807) is 0 Å². The van der Waals surface area contributed by atoms with E-state index in [0.29, 0.717) is 5.41 Å². The van der Waals surface area contributed by atoms with Gasteiger partial charge in [0.2, 0.25) is 0 Å². The van der Waals surface area contributed by atoms with Crippen LogP contribution in [0.5, 0.6) is 0 Å². The lowest BCUT2D eigenvalue weighted by atomic mass is 9.75. The predicted octanol–water partition coefficient (Wildman–Crippen LogP) is 3.28. The molecule has 0 aromatic heterocycles. The van der Waals surface area contributed by atoms with E-state index in [1.165, 1.54) is 6.42 Å². The highest BCUT2D eigenvalue weighted by Crippen LogP contribution is 2.33. The molecule has 1 atom stereocenters. The van der Waals surface area contributed by atoms with Gasteiger partial charge >= 0.3 is 0 Å². The fourth-order valence-corrected chi connectivity index (χ4v) is 0.874. The van der Waals surface area contributed by atoms with Gasteiger partial charge in [-0.1, -0.05) is 41.0 Å². The monoisotopic (exact) mass is 127 g/mol. The molecule has 0 saturated carbocycles. The summed E-state index contributed by atoms with van der Waals surface area (Å²) < 4.78 is 0. The third-order valence-electron chi connectivity index (χ3n) is 2.77. The number of hydrogen-bond donors (Lipinski definition) is 0. The van der Waals surface area contributed by atoms with E-state index in [-0.39, 0.29) is 0 Å². The average molecular weight is 127 g/mol. The molecule has 0 N–H and O–H groups in total. The van der Waals surface area contributed by atoms with Crippen LogP contribution in [0.2, 0.25) is 0 Å². The lowest BCUT2D eigenvalue weighted by Gasteiger charge is -2.31. The van der Waals surface area contributed by atoms with Crippen molar-refractivity contribution in [1.82, 2.24) is 0 Å². The van der Waals surface area contributed by atoms with Gasteiger partial charge in [-0.2, -0.15) is 0 Å². The Kier molecular flexibility index (Phi) is 3.24. The van der Waals surface area contributed by atoms with Crippen molar-refractivity contribution in [3.63, 3.8) is 0 Å². The first kappa shape index (κ1) is 9.00. The van der Waals surface area contributed by atoms with Crippen LogP contribution in [-0.4, -0.2) is 0 Å². The van der Waals surface area contributed by atoms with Gasteiger partial charge in [0.15, 0.2) is 0 Å². The van der Waals surface area contributed by atoms with Crippen molar-refractivity contribution in [3.05, 3.63) is 6.92 Å². The molecule has 0 nitrogen and oxygen atoms in total. The largest absolute Gasteiger partial charge is 0.0649 e. The van der Waals surface area contributed by atoms with Crippen molar-refractivity contribution >= 4 is 0 Å². The van der Waals surface area contributed by atoms with E-state index in [1.807, 2.05) is 0 Å². The summed E-state index contributed by atoms with van der Waals surface area (Å²) in [4.78, 5) is 0. The highest BCUT2D eigenvalue weighted by molar-refractivity contribution is 4.76. The number of hydrogen-bond acceptors (Lipinski definition) is 0. The van der Waals surface area contributed by atoms with Crippen LogP contribution < -0.4 is 0 Å². The van der Waals surface area contributed by atoms with E-state index in [9.17, 15) is 0 Å². The molecule has 0 spiro atoms. The summed E-state index contributed by atoms with van der Waals surface area (Å²) in [7, 11) is 0. The molecule has 0 aromatic rings. The lowest BCUT2D eigenvalue weighted by Crippen LogP contribution is -2.20. The van der Waals surface area contributed by atoms with E-state index < -0.39 is 0 Å². The third-order valence-corrected chi connectivity index (χ3v) is 2.77. The Morgan fingerprint density at radius 1 is 1.44 bits per heavy atom. The van der Waals surface area contributed by atoms with Crippen LogP contribution in [-0.2, 0) is 0 Å². The molecule has 0 aliphatic rings. The molecule has 0 saturated heterocycles. The van der Waals surface area contributed by atoms with Gasteiger partial charge in [-0.25, -0.2) is 0 Å². The second kappa shape index (κ2) is 3.24. The Labute approximate surface area is 59.7 Å². The van der Waals surface area contributed by atoms with Crippen LogP contribution in [0.1, 0.15) is 40.5 Å². The zero-order valence-corrected chi connectivity index (χ0v) is 7.20. The van der Waals surface area contributed by atoms with Crippen molar-refractivity contribution in [1.29, 1.82) is 0 Å². The first-order valence-corrected chi connectivity index (χ1v) is 3.86. The predicted molar refractivity (Wildman–Crippen MR) is 43.2 cm³/mol. The summed E-state index contributed by atoms with van der Waals surface area (Å²) in [6.45, 7) is 13.0. The minimum atomic E-state index is 0.472. The Bertz CT molecular complexity index is 68.1. The summed E-state index contributed by atoms with van der Waals surface area (Å²) in [5, 5.41) is 0. The van der Waals surface area contributed by atoms with Crippen molar-refractivity contribution in [2.24, 2.45) is 11.3 Å². The smallest absolute Gasteiger partial charge is 0.0305 e. The van der Waals surface area contributed by atoms with Crippen LogP contribution >= 0.6 is 0 Å². The molecular formula is C9H19. The molecule has 55 valence electrons. The van der Waals surface area contributed by atoms with Crippen LogP contribution in [0.15, 0.2) is 0 Å². The molecule has 0 fully saturated rings. The highest BCUT2D eigenvalue weighted by Gasteiger charge is 2.23. The van der Waals surface area contributed by atoms with Gasteiger partial charge in [0.25, 0.3) is 0 Å². The van der Waals surface area contributed by atoms with Gasteiger partial charge in [0.1, 0.15) is 0 Å². The molecule has 0 aliphatic heterocycles. The van der Waals surface area contributed by atoms with E-state index in [2.05, 4.69) is 34.6 Å². The zero-order chi connectivity index (χ0) is 7.49. The van der Waals surface area contributed by atoms with Gasteiger partial charge < -0.3 is 0 Å². The quantitative estimate of drug-likeness (QED) is 0.545. The Morgan fingerprint density at radius 2 is 1.89 bits per heavy atom. The molecule has 1 radical (unpaired) electrons. The summed E-state index contributed by atoms with van der Waals surface area (Å²) in [6.07, 6.45) is 2.30. The molecule has 0 rings (SSSR count). The molecule has 0 heteroatoms. The van der Waals surface area contributed by atoms with E-state index >= 15 is 0 Å². The van der Waals surface area contributed by atoms with Crippen molar-refractivity contribution < 1.29 is 0 Å². The average Bonchev–Trinajstić information content (AvgIpc) is 1.86. The van der Waals surface area contributed by atoms with E-state index in [4.69, 9.17) is 0 Å². The second-order valence-electron chi connectivity index (χ2n) is 3.41. The summed E-state index contributed by atoms with van der Waals surface area (Å²) in [5.74, 6) is 0.764. The van der Waals surface area contributed by atoms with Gasteiger partial charge in [-0.15, -0.1) is 0 Å². The first-order valence-electron chi connectivity index (χ1n) is 3.86. The molecule has 0 heterocycles. The van der Waals surface area contributed by atoms with Crippen molar-refractivity contribution in [2.75, 3.05) is 0 Å². The molecular weight excluding hydrogens is 108 g/mol. The number of rotatable bonds is 3. The summed E-state index contributed by atoms with van der Waals surface area (Å²) in [5.41, 5.74) is 0.472. The van der Waals surface area contributed by atoms with E-state index in [0.717, 1.165) is 12.3 Å². The normalized spacial score (nSPS) is 12.7. The molecule has 0 amide bonds.